The lowest BCUT2D eigenvalue weighted by Crippen LogP contribution is -1.62. The first-order valence-electron chi connectivity index (χ1n) is 8.46. The number of aryl methyl sites for hydroxylation is 2. The van der Waals surface area contributed by atoms with Crippen LogP contribution in [0.4, 0.5) is 0 Å². The molecular formula is C24H34. The summed E-state index contributed by atoms with van der Waals surface area (Å²) in [6.07, 6.45) is 6.70. The quantitative estimate of drug-likeness (QED) is 0.497. The Hall–Kier alpha value is -2.34. The summed E-state index contributed by atoms with van der Waals surface area (Å²) in [7, 11) is 0. The average Bonchev–Trinajstić information content (AvgIpc) is 2.58. The van der Waals surface area contributed by atoms with Gasteiger partial charge in [-0.05, 0) is 20.8 Å². The Labute approximate surface area is 150 Å². The molecule has 0 bridgehead atoms. The number of benzene rings is 2. The lowest BCUT2D eigenvalue weighted by molar-refractivity contribution is 1.09. The van der Waals surface area contributed by atoms with Crippen molar-refractivity contribution in [2.75, 3.05) is 0 Å². The summed E-state index contributed by atoms with van der Waals surface area (Å²) in [5.74, 6) is 0. The zero-order valence-electron chi connectivity index (χ0n) is 16.1. The standard InChI is InChI=1S/2C7H8.C7H10.C3H8/c2*1-7-5-3-2-4-6-7;1-4-6-7(3)5-2;1-3-2/h2*2-6H,1H3;4-6H,1-2H2,3H3;3H2,1-2H3/b;;7-6-;. The summed E-state index contributed by atoms with van der Waals surface area (Å²) in [6.45, 7) is 17.5. The third-order valence-corrected chi connectivity index (χ3v) is 2.58. The van der Waals surface area contributed by atoms with E-state index in [1.165, 1.54) is 17.5 Å². The van der Waals surface area contributed by atoms with Crippen molar-refractivity contribution in [3.8, 4) is 0 Å². The normalized spacial score (nSPS) is 8.96. The maximum atomic E-state index is 3.56. The van der Waals surface area contributed by atoms with Crippen LogP contribution in [-0.2, 0) is 0 Å². The molecule has 0 aliphatic rings. The summed E-state index contributed by atoms with van der Waals surface area (Å²) in [5.41, 5.74) is 3.79. The van der Waals surface area contributed by atoms with Crippen LogP contribution >= 0.6 is 0 Å². The molecular weight excluding hydrogens is 288 g/mol. The molecule has 0 unspecified atom stereocenters. The van der Waals surface area contributed by atoms with Crippen LogP contribution in [0.5, 0.6) is 0 Å². The maximum Gasteiger partial charge on any atom is -0.0398 e. The van der Waals surface area contributed by atoms with Crippen molar-refractivity contribution in [1.82, 2.24) is 0 Å². The van der Waals surface area contributed by atoms with Gasteiger partial charge in [-0.15, -0.1) is 0 Å². The molecule has 0 aliphatic carbocycles. The van der Waals surface area contributed by atoms with Crippen molar-refractivity contribution >= 4 is 0 Å². The molecule has 0 fully saturated rings. The third kappa shape index (κ3) is 19.7. The highest BCUT2D eigenvalue weighted by molar-refractivity contribution is 5.17. The van der Waals surface area contributed by atoms with Crippen LogP contribution < -0.4 is 0 Å². The van der Waals surface area contributed by atoms with Gasteiger partial charge in [-0.2, -0.15) is 0 Å². The minimum Gasteiger partial charge on any atom is -0.0991 e. The predicted molar refractivity (Wildman–Crippen MR) is 112 cm³/mol. The Morgan fingerprint density at radius 3 is 1.25 bits per heavy atom. The highest BCUT2D eigenvalue weighted by Gasteiger charge is 1.72. The van der Waals surface area contributed by atoms with Gasteiger partial charge >= 0.3 is 0 Å². The van der Waals surface area contributed by atoms with Gasteiger partial charge in [0.05, 0.1) is 0 Å². The second kappa shape index (κ2) is 18.7. The zero-order valence-corrected chi connectivity index (χ0v) is 16.1. The molecule has 2 aromatic rings. The van der Waals surface area contributed by atoms with Crippen molar-refractivity contribution in [3.63, 3.8) is 0 Å². The van der Waals surface area contributed by atoms with Crippen LogP contribution in [0, 0.1) is 13.8 Å². The zero-order chi connectivity index (χ0) is 18.6. The van der Waals surface area contributed by atoms with Crippen molar-refractivity contribution in [1.29, 1.82) is 0 Å². The Morgan fingerprint density at radius 1 is 0.792 bits per heavy atom. The number of rotatable bonds is 2. The molecule has 0 saturated carbocycles. The van der Waals surface area contributed by atoms with Crippen LogP contribution in [0.1, 0.15) is 38.3 Å². The van der Waals surface area contributed by atoms with E-state index in [-0.39, 0.29) is 0 Å². The summed E-state index contributed by atoms with van der Waals surface area (Å²) < 4.78 is 0. The van der Waals surface area contributed by atoms with Crippen LogP contribution in [0.25, 0.3) is 0 Å². The van der Waals surface area contributed by atoms with Gasteiger partial charge in [0.25, 0.3) is 0 Å². The largest absolute Gasteiger partial charge is 0.0991 e. The molecule has 0 aliphatic heterocycles. The molecule has 0 radical (unpaired) electrons. The maximum absolute atomic E-state index is 3.56. The molecule has 0 aromatic heterocycles. The Balaban J connectivity index is 0. The fourth-order valence-corrected chi connectivity index (χ4v) is 1.32. The van der Waals surface area contributed by atoms with E-state index in [4.69, 9.17) is 0 Å². The van der Waals surface area contributed by atoms with E-state index in [2.05, 4.69) is 65.1 Å². The number of hydrogen-bond acceptors (Lipinski definition) is 0. The summed E-state index contributed by atoms with van der Waals surface area (Å²) in [5, 5.41) is 0. The molecule has 0 atom stereocenters. The van der Waals surface area contributed by atoms with Gasteiger partial charge in [0.15, 0.2) is 0 Å². The summed E-state index contributed by atoms with van der Waals surface area (Å²) >= 11 is 0. The minimum absolute atomic E-state index is 1.15. The van der Waals surface area contributed by atoms with E-state index in [9.17, 15) is 0 Å². The number of hydrogen-bond donors (Lipinski definition) is 0. The molecule has 24 heavy (non-hydrogen) atoms. The van der Waals surface area contributed by atoms with E-state index in [1.54, 1.807) is 12.2 Å². The second-order valence-corrected chi connectivity index (χ2v) is 5.37. The average molecular weight is 323 g/mol. The Kier molecular flexibility index (Phi) is 18.6. The van der Waals surface area contributed by atoms with Gasteiger partial charge in [0, 0.05) is 0 Å². The molecule has 0 heteroatoms. The van der Waals surface area contributed by atoms with Gasteiger partial charge in [-0.3, -0.25) is 0 Å². The lowest BCUT2D eigenvalue weighted by atomic mass is 10.2. The van der Waals surface area contributed by atoms with E-state index >= 15 is 0 Å². The molecule has 130 valence electrons. The molecule has 2 aromatic carbocycles. The summed E-state index contributed by atoms with van der Waals surface area (Å²) in [6, 6.07) is 20.5. The van der Waals surface area contributed by atoms with Crippen molar-refractivity contribution in [2.24, 2.45) is 0 Å². The van der Waals surface area contributed by atoms with Gasteiger partial charge in [-0.25, -0.2) is 0 Å². The molecule has 0 spiro atoms. The SMILES string of the molecule is C=C/C=C(/C)C=C.CCC.Cc1ccccc1.Cc1ccccc1. The first-order chi connectivity index (χ1) is 11.5. The first kappa shape index (κ1) is 23.9. The molecule has 0 saturated heterocycles. The third-order valence-electron chi connectivity index (χ3n) is 2.58. The Bertz CT molecular complexity index is 495. The fourth-order valence-electron chi connectivity index (χ4n) is 1.32. The Morgan fingerprint density at radius 2 is 1.12 bits per heavy atom. The van der Waals surface area contributed by atoms with Crippen LogP contribution in [0.15, 0.2) is 97.6 Å². The second-order valence-electron chi connectivity index (χ2n) is 5.37. The van der Waals surface area contributed by atoms with Crippen molar-refractivity contribution in [2.45, 2.75) is 41.0 Å². The van der Waals surface area contributed by atoms with Gasteiger partial charge in [-0.1, -0.05) is 129 Å². The molecule has 0 N–H and O–H groups in total. The highest BCUT2D eigenvalue weighted by atomic mass is 13.8. The fraction of sp³-hybridized carbons (Fsp3) is 0.250. The molecule has 0 nitrogen and oxygen atoms in total. The molecule has 0 amide bonds. The van der Waals surface area contributed by atoms with E-state index in [1.807, 2.05) is 49.4 Å². The highest BCUT2D eigenvalue weighted by Crippen LogP contribution is 1.93. The van der Waals surface area contributed by atoms with Crippen LogP contribution in [0.2, 0.25) is 0 Å². The van der Waals surface area contributed by atoms with Crippen LogP contribution in [-0.4, -0.2) is 0 Å². The minimum atomic E-state index is 1.15. The van der Waals surface area contributed by atoms with E-state index in [0.717, 1.165) is 5.57 Å². The molecule has 2 rings (SSSR count). The molecule has 0 heterocycles. The first-order valence-corrected chi connectivity index (χ1v) is 8.46. The smallest absolute Gasteiger partial charge is 0.0398 e. The topological polar surface area (TPSA) is 0 Å². The monoisotopic (exact) mass is 322 g/mol. The van der Waals surface area contributed by atoms with Crippen LogP contribution in [0.3, 0.4) is 0 Å². The lowest BCUT2D eigenvalue weighted by Gasteiger charge is -1.82. The van der Waals surface area contributed by atoms with E-state index in [0.29, 0.717) is 0 Å². The van der Waals surface area contributed by atoms with Crippen molar-refractivity contribution in [3.05, 3.63) is 109 Å². The van der Waals surface area contributed by atoms with Gasteiger partial charge in [0.1, 0.15) is 0 Å². The van der Waals surface area contributed by atoms with Crippen molar-refractivity contribution < 1.29 is 0 Å². The van der Waals surface area contributed by atoms with Gasteiger partial charge < -0.3 is 0 Å². The van der Waals surface area contributed by atoms with Gasteiger partial charge in [0.2, 0.25) is 0 Å². The summed E-state index contributed by atoms with van der Waals surface area (Å²) in [4.78, 5) is 0. The van der Waals surface area contributed by atoms with E-state index < -0.39 is 0 Å². The predicted octanol–water partition coefficient (Wildman–Crippen LogP) is 7.71. The number of allylic oxidation sites excluding steroid dienone is 4.